The van der Waals surface area contributed by atoms with E-state index in [4.69, 9.17) is 4.74 Å². The number of nitrogens with zero attached hydrogens (tertiary/aromatic N) is 1. The largest absolute Gasteiger partial charge is 0.496 e. The molecule has 1 aliphatic rings. The number of hydrogen-bond donors (Lipinski definition) is 2. The summed E-state index contributed by atoms with van der Waals surface area (Å²) < 4.78 is 5.32. The number of para-hydroxylation sites is 1. The SMILES string of the molecule is CN=C(NCc1ccccc1OC)NCC1CC1. The normalized spacial score (nSPS) is 15.3. The van der Waals surface area contributed by atoms with Crippen LogP contribution in [-0.2, 0) is 6.54 Å². The first-order chi connectivity index (χ1) is 8.83. The second-order valence-electron chi connectivity index (χ2n) is 4.56. The molecule has 1 fully saturated rings. The number of nitrogens with one attached hydrogen (secondary N) is 2. The molecule has 0 saturated heterocycles. The fourth-order valence-corrected chi connectivity index (χ4v) is 1.81. The van der Waals surface area contributed by atoms with E-state index in [0.717, 1.165) is 29.7 Å². The number of guanidine groups is 1. The van der Waals surface area contributed by atoms with Crippen molar-refractivity contribution in [2.45, 2.75) is 19.4 Å². The van der Waals surface area contributed by atoms with Crippen molar-refractivity contribution in [2.75, 3.05) is 20.7 Å². The van der Waals surface area contributed by atoms with Gasteiger partial charge in [0, 0.05) is 25.7 Å². The van der Waals surface area contributed by atoms with Gasteiger partial charge >= 0.3 is 0 Å². The van der Waals surface area contributed by atoms with Gasteiger partial charge in [0.25, 0.3) is 0 Å². The van der Waals surface area contributed by atoms with Gasteiger partial charge < -0.3 is 15.4 Å². The molecule has 0 radical (unpaired) electrons. The Hall–Kier alpha value is -1.71. The van der Waals surface area contributed by atoms with Crippen LogP contribution in [0.15, 0.2) is 29.3 Å². The van der Waals surface area contributed by atoms with E-state index in [9.17, 15) is 0 Å². The molecule has 4 heteroatoms. The Morgan fingerprint density at radius 3 is 2.78 bits per heavy atom. The number of aliphatic imine (C=N–C) groups is 1. The summed E-state index contributed by atoms with van der Waals surface area (Å²) in [5.74, 6) is 2.60. The minimum atomic E-state index is 0.717. The van der Waals surface area contributed by atoms with Gasteiger partial charge in [-0.15, -0.1) is 0 Å². The Kier molecular flexibility index (Phi) is 4.45. The van der Waals surface area contributed by atoms with Gasteiger partial charge in [-0.3, -0.25) is 4.99 Å². The average Bonchev–Trinajstić information content (AvgIpc) is 3.23. The van der Waals surface area contributed by atoms with Crippen LogP contribution in [0.25, 0.3) is 0 Å². The summed E-state index contributed by atoms with van der Waals surface area (Å²) in [4.78, 5) is 4.21. The lowest BCUT2D eigenvalue weighted by Crippen LogP contribution is -2.37. The van der Waals surface area contributed by atoms with E-state index in [2.05, 4.69) is 21.7 Å². The summed E-state index contributed by atoms with van der Waals surface area (Å²) in [6.45, 7) is 1.74. The van der Waals surface area contributed by atoms with Crippen LogP contribution in [0.5, 0.6) is 5.75 Å². The number of methoxy groups -OCH3 is 1. The molecule has 1 aromatic rings. The molecule has 98 valence electrons. The Labute approximate surface area is 108 Å². The lowest BCUT2D eigenvalue weighted by Gasteiger charge is -2.13. The van der Waals surface area contributed by atoms with E-state index in [-0.39, 0.29) is 0 Å². The van der Waals surface area contributed by atoms with Crippen LogP contribution < -0.4 is 15.4 Å². The molecular weight excluding hydrogens is 226 g/mol. The van der Waals surface area contributed by atoms with Gasteiger partial charge in [-0.1, -0.05) is 18.2 Å². The van der Waals surface area contributed by atoms with Crippen molar-refractivity contribution in [1.29, 1.82) is 0 Å². The Balaban J connectivity index is 1.84. The predicted octanol–water partition coefficient (Wildman–Crippen LogP) is 1.77. The monoisotopic (exact) mass is 247 g/mol. The van der Waals surface area contributed by atoms with Gasteiger partial charge in [0.2, 0.25) is 0 Å². The van der Waals surface area contributed by atoms with Gasteiger partial charge in [0.05, 0.1) is 7.11 Å². The zero-order valence-electron chi connectivity index (χ0n) is 11.1. The van der Waals surface area contributed by atoms with Gasteiger partial charge in [-0.25, -0.2) is 0 Å². The zero-order valence-corrected chi connectivity index (χ0v) is 11.1. The van der Waals surface area contributed by atoms with Gasteiger partial charge in [-0.05, 0) is 24.8 Å². The molecule has 0 atom stereocenters. The highest BCUT2D eigenvalue weighted by molar-refractivity contribution is 5.79. The molecule has 0 heterocycles. The molecule has 0 bridgehead atoms. The summed E-state index contributed by atoms with van der Waals surface area (Å²) in [6, 6.07) is 8.01. The van der Waals surface area contributed by atoms with Crippen molar-refractivity contribution in [3.8, 4) is 5.75 Å². The lowest BCUT2D eigenvalue weighted by molar-refractivity contribution is 0.409. The first kappa shape index (κ1) is 12.7. The molecule has 2 N–H and O–H groups in total. The number of ether oxygens (including phenoxy) is 1. The van der Waals surface area contributed by atoms with E-state index in [0.29, 0.717) is 6.54 Å². The highest BCUT2D eigenvalue weighted by Gasteiger charge is 2.21. The number of hydrogen-bond acceptors (Lipinski definition) is 2. The molecule has 1 aromatic carbocycles. The van der Waals surface area contributed by atoms with E-state index < -0.39 is 0 Å². The maximum atomic E-state index is 5.32. The zero-order chi connectivity index (χ0) is 12.8. The fraction of sp³-hybridized carbons (Fsp3) is 0.500. The standard InChI is InChI=1S/C14H21N3O/c1-15-14(16-9-11-7-8-11)17-10-12-5-3-4-6-13(12)18-2/h3-6,11H,7-10H2,1-2H3,(H2,15,16,17). The van der Waals surface area contributed by atoms with Crippen LogP contribution in [0.4, 0.5) is 0 Å². The molecule has 0 aliphatic heterocycles. The van der Waals surface area contributed by atoms with Crippen LogP contribution in [-0.4, -0.2) is 26.7 Å². The Bertz CT molecular complexity index is 413. The Morgan fingerprint density at radius 1 is 1.33 bits per heavy atom. The van der Waals surface area contributed by atoms with Crippen LogP contribution in [0, 0.1) is 5.92 Å². The van der Waals surface area contributed by atoms with Crippen molar-refractivity contribution >= 4 is 5.96 Å². The highest BCUT2D eigenvalue weighted by atomic mass is 16.5. The van der Waals surface area contributed by atoms with E-state index in [1.807, 2.05) is 18.2 Å². The average molecular weight is 247 g/mol. The van der Waals surface area contributed by atoms with Crippen LogP contribution in [0.2, 0.25) is 0 Å². The highest BCUT2D eigenvalue weighted by Crippen LogP contribution is 2.27. The maximum Gasteiger partial charge on any atom is 0.191 e. The maximum absolute atomic E-state index is 5.32. The minimum absolute atomic E-state index is 0.717. The molecule has 4 nitrogen and oxygen atoms in total. The second-order valence-corrected chi connectivity index (χ2v) is 4.56. The Morgan fingerprint density at radius 2 is 2.11 bits per heavy atom. The summed E-state index contributed by atoms with van der Waals surface area (Å²) in [5, 5.41) is 6.64. The number of rotatable bonds is 5. The topological polar surface area (TPSA) is 45.7 Å². The van der Waals surface area contributed by atoms with Crippen molar-refractivity contribution in [2.24, 2.45) is 10.9 Å². The molecule has 1 saturated carbocycles. The van der Waals surface area contributed by atoms with E-state index in [1.54, 1.807) is 14.2 Å². The van der Waals surface area contributed by atoms with Crippen molar-refractivity contribution in [3.05, 3.63) is 29.8 Å². The van der Waals surface area contributed by atoms with Gasteiger partial charge in [0.1, 0.15) is 5.75 Å². The third kappa shape index (κ3) is 3.65. The lowest BCUT2D eigenvalue weighted by atomic mass is 10.2. The van der Waals surface area contributed by atoms with Crippen molar-refractivity contribution in [3.63, 3.8) is 0 Å². The summed E-state index contributed by atoms with van der Waals surface area (Å²) in [7, 11) is 3.49. The van der Waals surface area contributed by atoms with Crippen molar-refractivity contribution in [1.82, 2.24) is 10.6 Å². The van der Waals surface area contributed by atoms with Crippen molar-refractivity contribution < 1.29 is 4.74 Å². The summed E-state index contributed by atoms with van der Waals surface area (Å²) in [5.41, 5.74) is 1.13. The minimum Gasteiger partial charge on any atom is -0.496 e. The van der Waals surface area contributed by atoms with Gasteiger partial charge in [-0.2, -0.15) is 0 Å². The van der Waals surface area contributed by atoms with Crippen LogP contribution in [0.3, 0.4) is 0 Å². The molecule has 0 spiro atoms. The molecule has 0 aromatic heterocycles. The molecular formula is C14H21N3O. The third-order valence-corrected chi connectivity index (χ3v) is 3.12. The second kappa shape index (κ2) is 6.28. The molecule has 0 unspecified atom stereocenters. The smallest absolute Gasteiger partial charge is 0.191 e. The number of benzene rings is 1. The van der Waals surface area contributed by atoms with Gasteiger partial charge in [0.15, 0.2) is 5.96 Å². The molecule has 0 amide bonds. The summed E-state index contributed by atoms with van der Waals surface area (Å²) in [6.07, 6.45) is 2.69. The van der Waals surface area contributed by atoms with Crippen LogP contribution >= 0.6 is 0 Å². The first-order valence-corrected chi connectivity index (χ1v) is 6.40. The predicted molar refractivity (Wildman–Crippen MR) is 73.9 cm³/mol. The quantitative estimate of drug-likeness (QED) is 0.616. The van der Waals surface area contributed by atoms with Crippen LogP contribution in [0.1, 0.15) is 18.4 Å². The van der Waals surface area contributed by atoms with E-state index >= 15 is 0 Å². The molecule has 2 rings (SSSR count). The molecule has 1 aliphatic carbocycles. The molecule has 18 heavy (non-hydrogen) atoms. The fourth-order valence-electron chi connectivity index (χ4n) is 1.81. The third-order valence-electron chi connectivity index (χ3n) is 3.12. The first-order valence-electron chi connectivity index (χ1n) is 6.40. The van der Waals surface area contributed by atoms with E-state index in [1.165, 1.54) is 12.8 Å². The summed E-state index contributed by atoms with van der Waals surface area (Å²) >= 11 is 0.